The maximum atomic E-state index is 12.2. The molecular weight excluding hydrogens is 242 g/mol. The van der Waals surface area contributed by atoms with Crippen molar-refractivity contribution in [2.45, 2.75) is 12.8 Å². The van der Waals surface area contributed by atoms with Crippen LogP contribution in [0.2, 0.25) is 0 Å². The van der Waals surface area contributed by atoms with Crippen LogP contribution in [0, 0.1) is 5.92 Å². The van der Waals surface area contributed by atoms with Gasteiger partial charge in [0.05, 0.1) is 7.11 Å². The molecule has 3 heterocycles. The van der Waals surface area contributed by atoms with Crippen molar-refractivity contribution in [1.82, 2.24) is 14.7 Å². The molecule has 1 saturated heterocycles. The highest BCUT2D eigenvalue weighted by atomic mass is 16.5. The molecule has 0 bridgehead atoms. The molecule has 2 aromatic heterocycles. The van der Waals surface area contributed by atoms with Crippen molar-refractivity contribution in [3.8, 4) is 5.88 Å². The van der Waals surface area contributed by atoms with Crippen LogP contribution in [-0.4, -0.2) is 29.6 Å². The summed E-state index contributed by atoms with van der Waals surface area (Å²) >= 11 is 0. The lowest BCUT2D eigenvalue weighted by Crippen LogP contribution is -2.19. The van der Waals surface area contributed by atoms with Gasteiger partial charge in [0.2, 0.25) is 5.88 Å². The first-order chi connectivity index (χ1) is 9.28. The van der Waals surface area contributed by atoms with Gasteiger partial charge in [0.25, 0.3) is 5.56 Å². The van der Waals surface area contributed by atoms with Crippen molar-refractivity contribution >= 4 is 5.65 Å². The molecule has 19 heavy (non-hydrogen) atoms. The van der Waals surface area contributed by atoms with Crippen molar-refractivity contribution in [3.63, 3.8) is 0 Å². The van der Waals surface area contributed by atoms with Crippen LogP contribution in [0.15, 0.2) is 29.1 Å². The van der Waals surface area contributed by atoms with Crippen molar-refractivity contribution in [3.05, 3.63) is 40.3 Å². The molecule has 1 atom stereocenters. The minimum Gasteiger partial charge on any atom is -0.482 e. The van der Waals surface area contributed by atoms with Crippen molar-refractivity contribution in [1.29, 1.82) is 0 Å². The summed E-state index contributed by atoms with van der Waals surface area (Å²) in [5.74, 6) is 1.10. The van der Waals surface area contributed by atoms with Gasteiger partial charge in [-0.1, -0.05) is 6.07 Å². The van der Waals surface area contributed by atoms with Crippen molar-refractivity contribution in [2.24, 2.45) is 5.92 Å². The average molecular weight is 259 g/mol. The normalized spacial score (nSPS) is 18.9. The van der Waals surface area contributed by atoms with Crippen LogP contribution >= 0.6 is 0 Å². The lowest BCUT2D eigenvalue weighted by Gasteiger charge is -2.10. The lowest BCUT2D eigenvalue weighted by atomic mass is 10.0. The number of aromatic nitrogens is 2. The van der Waals surface area contributed by atoms with E-state index in [-0.39, 0.29) is 5.56 Å². The van der Waals surface area contributed by atoms with E-state index in [0.717, 1.165) is 31.6 Å². The number of methoxy groups -OCH3 is 1. The molecule has 2 aromatic rings. The van der Waals surface area contributed by atoms with Crippen molar-refractivity contribution in [2.75, 3.05) is 20.2 Å². The van der Waals surface area contributed by atoms with Gasteiger partial charge < -0.3 is 10.1 Å². The third-order valence-corrected chi connectivity index (χ3v) is 3.57. The molecule has 1 fully saturated rings. The standard InChI is InChI=1S/C14H17N3O2/c1-19-14-4-2-3-12-16-11(8-13(18)17(12)14)7-10-5-6-15-9-10/h2-4,8,10,15H,5-7,9H2,1H3. The number of fused-ring (bicyclic) bond motifs is 1. The van der Waals surface area contributed by atoms with Crippen LogP contribution in [0.4, 0.5) is 0 Å². The summed E-state index contributed by atoms with van der Waals surface area (Å²) in [6.07, 6.45) is 2.01. The molecule has 3 rings (SSSR count). The molecule has 1 unspecified atom stereocenters. The van der Waals surface area contributed by atoms with Crippen LogP contribution in [0.5, 0.6) is 5.88 Å². The highest BCUT2D eigenvalue weighted by molar-refractivity contribution is 5.42. The largest absolute Gasteiger partial charge is 0.482 e. The fourth-order valence-corrected chi connectivity index (χ4v) is 2.62. The molecule has 0 saturated carbocycles. The van der Waals surface area contributed by atoms with Gasteiger partial charge in [0.15, 0.2) is 0 Å². The summed E-state index contributed by atoms with van der Waals surface area (Å²) in [7, 11) is 1.55. The molecule has 0 amide bonds. The Morgan fingerprint density at radius 2 is 2.42 bits per heavy atom. The molecule has 5 nitrogen and oxygen atoms in total. The van der Waals surface area contributed by atoms with Gasteiger partial charge >= 0.3 is 0 Å². The van der Waals surface area contributed by atoms with E-state index in [9.17, 15) is 4.79 Å². The Hall–Kier alpha value is -1.88. The number of nitrogens with zero attached hydrogens (tertiary/aromatic N) is 2. The minimum absolute atomic E-state index is 0.0802. The Morgan fingerprint density at radius 3 is 3.16 bits per heavy atom. The SMILES string of the molecule is COc1cccc2nc(CC3CCNC3)cc(=O)n12. The smallest absolute Gasteiger partial charge is 0.260 e. The molecule has 1 aliphatic heterocycles. The third-order valence-electron chi connectivity index (χ3n) is 3.57. The van der Waals surface area contributed by atoms with Crippen molar-refractivity contribution < 1.29 is 4.74 Å². The second-order valence-corrected chi connectivity index (χ2v) is 4.91. The predicted molar refractivity (Wildman–Crippen MR) is 72.7 cm³/mol. The summed E-state index contributed by atoms with van der Waals surface area (Å²) in [5, 5.41) is 3.33. The van der Waals surface area contributed by atoms with E-state index in [2.05, 4.69) is 10.3 Å². The second-order valence-electron chi connectivity index (χ2n) is 4.91. The zero-order chi connectivity index (χ0) is 13.2. The number of nitrogens with one attached hydrogen (secondary N) is 1. The molecule has 0 radical (unpaired) electrons. The lowest BCUT2D eigenvalue weighted by molar-refractivity contribution is 0.390. The fraction of sp³-hybridized carbons (Fsp3) is 0.429. The van der Waals surface area contributed by atoms with E-state index < -0.39 is 0 Å². The molecule has 1 aliphatic rings. The summed E-state index contributed by atoms with van der Waals surface area (Å²) in [6, 6.07) is 7.06. The van der Waals surface area contributed by atoms with E-state index in [1.807, 2.05) is 12.1 Å². The van der Waals surface area contributed by atoms with Crippen LogP contribution in [0.25, 0.3) is 5.65 Å². The summed E-state index contributed by atoms with van der Waals surface area (Å²) in [6.45, 7) is 2.07. The first kappa shape index (κ1) is 12.2. The average Bonchev–Trinajstić information content (AvgIpc) is 2.90. The molecule has 0 aliphatic carbocycles. The molecular formula is C14H17N3O2. The van der Waals surface area contributed by atoms with E-state index in [1.165, 1.54) is 4.40 Å². The first-order valence-electron chi connectivity index (χ1n) is 6.54. The summed E-state index contributed by atoms with van der Waals surface area (Å²) in [4.78, 5) is 16.7. The highest BCUT2D eigenvalue weighted by Crippen LogP contribution is 2.15. The third kappa shape index (κ3) is 2.33. The Bertz CT molecular complexity index is 645. The fourth-order valence-electron chi connectivity index (χ4n) is 2.62. The molecule has 100 valence electrons. The van der Waals surface area contributed by atoms with Crippen LogP contribution in [-0.2, 0) is 6.42 Å². The zero-order valence-electron chi connectivity index (χ0n) is 10.9. The van der Waals surface area contributed by atoms with Gasteiger partial charge in [-0.25, -0.2) is 9.38 Å². The quantitative estimate of drug-likeness (QED) is 0.888. The van der Waals surface area contributed by atoms with Crippen LogP contribution in [0.3, 0.4) is 0 Å². The van der Waals surface area contributed by atoms with Gasteiger partial charge in [-0.3, -0.25) is 4.79 Å². The molecule has 1 N–H and O–H groups in total. The number of hydrogen-bond acceptors (Lipinski definition) is 4. The first-order valence-corrected chi connectivity index (χ1v) is 6.54. The second kappa shape index (κ2) is 5.01. The molecule has 0 aromatic carbocycles. The Balaban J connectivity index is 2.02. The Morgan fingerprint density at radius 1 is 1.53 bits per heavy atom. The maximum Gasteiger partial charge on any atom is 0.260 e. The van der Waals surface area contributed by atoms with Gasteiger partial charge in [-0.15, -0.1) is 0 Å². The van der Waals surface area contributed by atoms with Gasteiger partial charge in [-0.2, -0.15) is 0 Å². The number of ether oxygens (including phenoxy) is 1. The number of rotatable bonds is 3. The molecule has 0 spiro atoms. The zero-order valence-corrected chi connectivity index (χ0v) is 10.9. The Kier molecular flexibility index (Phi) is 3.21. The van der Waals surface area contributed by atoms with Gasteiger partial charge in [-0.05, 0) is 44.0 Å². The topological polar surface area (TPSA) is 55.6 Å². The Labute approximate surface area is 111 Å². The maximum absolute atomic E-state index is 12.2. The summed E-state index contributed by atoms with van der Waals surface area (Å²) < 4.78 is 6.69. The highest BCUT2D eigenvalue weighted by Gasteiger charge is 2.16. The predicted octanol–water partition coefficient (Wildman–Crippen LogP) is 0.855. The summed E-state index contributed by atoms with van der Waals surface area (Å²) in [5.41, 5.74) is 1.43. The van der Waals surface area contributed by atoms with E-state index in [0.29, 0.717) is 17.4 Å². The number of hydrogen-bond donors (Lipinski definition) is 1. The van der Waals surface area contributed by atoms with Crippen LogP contribution in [0.1, 0.15) is 12.1 Å². The van der Waals surface area contributed by atoms with E-state index in [4.69, 9.17) is 4.74 Å². The molecule has 5 heteroatoms. The minimum atomic E-state index is -0.0802. The van der Waals surface area contributed by atoms with Crippen LogP contribution < -0.4 is 15.6 Å². The van der Waals surface area contributed by atoms with E-state index in [1.54, 1.807) is 19.2 Å². The monoisotopic (exact) mass is 259 g/mol. The van der Waals surface area contributed by atoms with E-state index >= 15 is 0 Å². The van der Waals surface area contributed by atoms with Gasteiger partial charge in [0, 0.05) is 11.8 Å². The number of pyridine rings is 1. The van der Waals surface area contributed by atoms with Gasteiger partial charge in [0.1, 0.15) is 5.65 Å².